The maximum atomic E-state index is 12.2. The standard InChI is InChI=1S/C16H27N3O2S.ClH/c1-16(2,3)14-11(5-4-8-21-14)9-18-15(20)12-10-22-13(19-12)6-7-17;/h10-11,14H,4-9,17H2,1-3H3,(H,18,20);1H. The van der Waals surface area contributed by atoms with Crippen molar-refractivity contribution in [2.24, 2.45) is 17.1 Å². The van der Waals surface area contributed by atoms with Gasteiger partial charge < -0.3 is 15.8 Å². The molecular formula is C16H28ClN3O2S. The van der Waals surface area contributed by atoms with Gasteiger partial charge in [0.25, 0.3) is 5.91 Å². The molecular weight excluding hydrogens is 334 g/mol. The molecule has 1 aromatic rings. The van der Waals surface area contributed by atoms with E-state index in [1.807, 2.05) is 0 Å². The maximum absolute atomic E-state index is 12.2. The molecule has 0 aliphatic carbocycles. The van der Waals surface area contributed by atoms with Gasteiger partial charge in [-0.05, 0) is 24.8 Å². The van der Waals surface area contributed by atoms with Crippen molar-refractivity contribution >= 4 is 29.7 Å². The second-order valence-corrected chi connectivity index (χ2v) is 7.88. The Balaban J connectivity index is 0.00000264. The highest BCUT2D eigenvalue weighted by Gasteiger charge is 2.35. The van der Waals surface area contributed by atoms with Crippen LogP contribution in [-0.4, -0.2) is 36.7 Å². The van der Waals surface area contributed by atoms with Crippen LogP contribution in [0.1, 0.15) is 49.1 Å². The molecule has 2 heterocycles. The van der Waals surface area contributed by atoms with Gasteiger partial charge in [-0.25, -0.2) is 4.98 Å². The highest BCUT2D eigenvalue weighted by atomic mass is 35.5. The predicted molar refractivity (Wildman–Crippen MR) is 96.4 cm³/mol. The Morgan fingerprint density at radius 1 is 1.52 bits per heavy atom. The van der Waals surface area contributed by atoms with Crippen LogP contribution in [-0.2, 0) is 11.2 Å². The van der Waals surface area contributed by atoms with E-state index in [-0.39, 0.29) is 29.8 Å². The van der Waals surface area contributed by atoms with E-state index in [1.54, 1.807) is 5.38 Å². The summed E-state index contributed by atoms with van der Waals surface area (Å²) >= 11 is 1.49. The molecule has 2 unspecified atom stereocenters. The monoisotopic (exact) mass is 361 g/mol. The van der Waals surface area contributed by atoms with Gasteiger partial charge in [0.05, 0.1) is 11.1 Å². The minimum Gasteiger partial charge on any atom is -0.377 e. The Bertz CT molecular complexity index is 502. The first kappa shape index (κ1) is 20.4. The highest BCUT2D eigenvalue weighted by molar-refractivity contribution is 7.09. The molecule has 2 rings (SSSR count). The molecule has 0 radical (unpaired) electrons. The predicted octanol–water partition coefficient (Wildman–Crippen LogP) is 2.64. The average Bonchev–Trinajstić information content (AvgIpc) is 2.93. The van der Waals surface area contributed by atoms with Crippen molar-refractivity contribution in [1.82, 2.24) is 10.3 Å². The van der Waals surface area contributed by atoms with E-state index in [2.05, 4.69) is 31.1 Å². The Morgan fingerprint density at radius 3 is 2.91 bits per heavy atom. The van der Waals surface area contributed by atoms with Gasteiger partial charge in [0.1, 0.15) is 5.69 Å². The molecule has 1 aliphatic rings. The van der Waals surface area contributed by atoms with Crippen molar-refractivity contribution < 1.29 is 9.53 Å². The number of aromatic nitrogens is 1. The third-order valence-electron chi connectivity index (χ3n) is 3.97. The van der Waals surface area contributed by atoms with Crippen molar-refractivity contribution in [3.63, 3.8) is 0 Å². The molecule has 5 nitrogen and oxygen atoms in total. The number of ether oxygens (including phenoxy) is 1. The minimum atomic E-state index is -0.0993. The third-order valence-corrected chi connectivity index (χ3v) is 4.87. The summed E-state index contributed by atoms with van der Waals surface area (Å²) in [6.45, 7) is 8.60. The van der Waals surface area contributed by atoms with Crippen LogP contribution in [0.25, 0.3) is 0 Å². The van der Waals surface area contributed by atoms with Crippen molar-refractivity contribution in [2.45, 2.75) is 46.1 Å². The van der Waals surface area contributed by atoms with Crippen molar-refractivity contribution in [3.05, 3.63) is 16.1 Å². The molecule has 0 spiro atoms. The lowest BCUT2D eigenvalue weighted by Gasteiger charge is -2.40. The number of nitrogens with two attached hydrogens (primary N) is 1. The summed E-state index contributed by atoms with van der Waals surface area (Å²) in [6, 6.07) is 0. The molecule has 23 heavy (non-hydrogen) atoms. The number of carbonyl (C=O) groups excluding carboxylic acids is 1. The Kier molecular flexibility index (Phi) is 7.94. The molecule has 132 valence electrons. The first-order valence-corrected chi connectivity index (χ1v) is 8.84. The number of carbonyl (C=O) groups is 1. The zero-order valence-corrected chi connectivity index (χ0v) is 15.8. The van der Waals surface area contributed by atoms with E-state index >= 15 is 0 Å². The molecule has 0 saturated carbocycles. The van der Waals surface area contributed by atoms with Gasteiger partial charge in [-0.2, -0.15) is 0 Å². The number of nitrogens with zero attached hydrogens (tertiary/aromatic N) is 1. The zero-order valence-electron chi connectivity index (χ0n) is 14.1. The average molecular weight is 362 g/mol. The van der Waals surface area contributed by atoms with Gasteiger partial charge in [0, 0.05) is 30.9 Å². The smallest absolute Gasteiger partial charge is 0.270 e. The topological polar surface area (TPSA) is 77.2 Å². The van der Waals surface area contributed by atoms with E-state index < -0.39 is 0 Å². The van der Waals surface area contributed by atoms with E-state index in [0.717, 1.165) is 30.9 Å². The SMILES string of the molecule is CC(C)(C)C1OCCCC1CNC(=O)c1csc(CCN)n1.Cl. The second kappa shape index (κ2) is 8.97. The van der Waals surface area contributed by atoms with Crippen LogP contribution in [0.15, 0.2) is 5.38 Å². The summed E-state index contributed by atoms with van der Waals surface area (Å²) in [5.74, 6) is 0.262. The van der Waals surface area contributed by atoms with E-state index in [4.69, 9.17) is 10.5 Å². The molecule has 1 amide bonds. The van der Waals surface area contributed by atoms with Crippen LogP contribution >= 0.6 is 23.7 Å². The number of amides is 1. The third kappa shape index (κ3) is 5.71. The van der Waals surface area contributed by atoms with Crippen molar-refractivity contribution in [3.8, 4) is 0 Å². The Morgan fingerprint density at radius 2 is 2.26 bits per heavy atom. The number of rotatable bonds is 5. The largest absolute Gasteiger partial charge is 0.377 e. The lowest BCUT2D eigenvalue weighted by atomic mass is 9.78. The van der Waals surface area contributed by atoms with E-state index in [9.17, 15) is 4.79 Å². The van der Waals surface area contributed by atoms with Crippen LogP contribution in [0.4, 0.5) is 0 Å². The summed E-state index contributed by atoms with van der Waals surface area (Å²) in [6.07, 6.45) is 3.06. The number of nitrogens with one attached hydrogen (secondary N) is 1. The second-order valence-electron chi connectivity index (χ2n) is 6.93. The summed E-state index contributed by atoms with van der Waals surface area (Å²) in [5, 5.41) is 5.74. The van der Waals surface area contributed by atoms with Gasteiger partial charge in [0.15, 0.2) is 0 Å². The van der Waals surface area contributed by atoms with Crippen LogP contribution in [0.2, 0.25) is 0 Å². The Hall–Kier alpha value is -0.690. The fourth-order valence-corrected chi connectivity index (χ4v) is 3.77. The number of thiazole rings is 1. The van der Waals surface area contributed by atoms with Gasteiger partial charge in [-0.3, -0.25) is 4.79 Å². The minimum absolute atomic E-state index is 0. The number of hydrogen-bond acceptors (Lipinski definition) is 5. The molecule has 0 bridgehead atoms. The maximum Gasteiger partial charge on any atom is 0.270 e. The summed E-state index contributed by atoms with van der Waals surface area (Å²) in [7, 11) is 0. The van der Waals surface area contributed by atoms with Gasteiger partial charge in [0.2, 0.25) is 0 Å². The van der Waals surface area contributed by atoms with Crippen LogP contribution in [0, 0.1) is 11.3 Å². The molecule has 1 aliphatic heterocycles. The van der Waals surface area contributed by atoms with Crippen molar-refractivity contribution in [1.29, 1.82) is 0 Å². The number of halogens is 1. The Labute approximate surface area is 148 Å². The molecule has 1 saturated heterocycles. The van der Waals surface area contributed by atoms with Gasteiger partial charge in [-0.1, -0.05) is 20.8 Å². The van der Waals surface area contributed by atoms with Gasteiger partial charge in [-0.15, -0.1) is 23.7 Å². The van der Waals surface area contributed by atoms with Crippen LogP contribution < -0.4 is 11.1 Å². The lowest BCUT2D eigenvalue weighted by molar-refractivity contribution is -0.0839. The van der Waals surface area contributed by atoms with Crippen LogP contribution in [0.5, 0.6) is 0 Å². The molecule has 1 aromatic heterocycles. The quantitative estimate of drug-likeness (QED) is 0.845. The molecule has 1 fully saturated rings. The number of hydrogen-bond donors (Lipinski definition) is 2. The highest BCUT2D eigenvalue weighted by Crippen LogP contribution is 2.33. The first-order chi connectivity index (χ1) is 10.4. The van der Waals surface area contributed by atoms with Crippen molar-refractivity contribution in [2.75, 3.05) is 19.7 Å². The fourth-order valence-electron chi connectivity index (χ4n) is 2.98. The van der Waals surface area contributed by atoms with E-state index in [0.29, 0.717) is 24.7 Å². The normalized spacial score (nSPS) is 21.6. The van der Waals surface area contributed by atoms with Crippen LogP contribution in [0.3, 0.4) is 0 Å². The van der Waals surface area contributed by atoms with Gasteiger partial charge >= 0.3 is 0 Å². The molecule has 3 N–H and O–H groups in total. The lowest BCUT2D eigenvalue weighted by Crippen LogP contribution is -2.45. The fraction of sp³-hybridized carbons (Fsp3) is 0.750. The summed E-state index contributed by atoms with van der Waals surface area (Å²) in [5.41, 5.74) is 6.10. The molecule has 0 aromatic carbocycles. The summed E-state index contributed by atoms with van der Waals surface area (Å²) < 4.78 is 5.95. The first-order valence-electron chi connectivity index (χ1n) is 7.96. The zero-order chi connectivity index (χ0) is 16.2. The van der Waals surface area contributed by atoms with E-state index in [1.165, 1.54) is 11.3 Å². The summed E-state index contributed by atoms with van der Waals surface area (Å²) in [4.78, 5) is 16.5. The molecule has 2 atom stereocenters. The molecule has 7 heteroatoms.